The van der Waals surface area contributed by atoms with Gasteiger partial charge in [0.1, 0.15) is 5.82 Å². The van der Waals surface area contributed by atoms with Crippen LogP contribution in [-0.2, 0) is 11.2 Å². The number of hydrogen-bond acceptors (Lipinski definition) is 10. The Morgan fingerprint density at radius 2 is 2.03 bits per heavy atom. The van der Waals surface area contributed by atoms with Gasteiger partial charge in [0.25, 0.3) is 0 Å². The van der Waals surface area contributed by atoms with E-state index >= 15 is 0 Å². The van der Waals surface area contributed by atoms with Crippen LogP contribution in [0.1, 0.15) is 12.0 Å². The van der Waals surface area contributed by atoms with Gasteiger partial charge in [-0.25, -0.2) is 20.4 Å². The van der Waals surface area contributed by atoms with Gasteiger partial charge in [-0.3, -0.25) is 4.99 Å². The van der Waals surface area contributed by atoms with Gasteiger partial charge in [0.15, 0.2) is 0 Å². The van der Waals surface area contributed by atoms with Crippen LogP contribution in [0.2, 0.25) is 0 Å². The first-order valence-electron chi connectivity index (χ1n) is 10.6. The number of aromatic nitrogens is 2. The van der Waals surface area contributed by atoms with E-state index in [4.69, 9.17) is 9.73 Å². The molecule has 174 valence electrons. The summed E-state index contributed by atoms with van der Waals surface area (Å²) in [6.45, 7) is 11.3. The Hall–Kier alpha value is -3.08. The van der Waals surface area contributed by atoms with Gasteiger partial charge in [0, 0.05) is 69.2 Å². The highest BCUT2D eigenvalue weighted by molar-refractivity contribution is 6.02. The number of hydrazine groups is 1. The maximum atomic E-state index is 5.63. The number of anilines is 1. The molecule has 0 atom stereocenters. The molecule has 2 rings (SSSR count). The van der Waals surface area contributed by atoms with E-state index in [1.807, 2.05) is 25.5 Å². The Bertz CT molecular complexity index is 830. The highest BCUT2D eigenvalue weighted by Crippen LogP contribution is 2.29. The molecule has 1 aromatic rings. The van der Waals surface area contributed by atoms with Crippen molar-refractivity contribution in [3.05, 3.63) is 53.9 Å². The largest absolute Gasteiger partial charge is 0.378 e. The van der Waals surface area contributed by atoms with Crippen molar-refractivity contribution in [1.29, 1.82) is 0 Å². The third-order valence-corrected chi connectivity index (χ3v) is 4.79. The molecule has 0 radical (unpaired) electrons. The van der Waals surface area contributed by atoms with Gasteiger partial charge in [-0.05, 0) is 31.8 Å². The second-order valence-electron chi connectivity index (χ2n) is 6.97. The molecule has 0 fully saturated rings. The van der Waals surface area contributed by atoms with E-state index in [2.05, 4.69) is 54.6 Å². The molecule has 4 N–H and O–H groups in total. The Balaban J connectivity index is 2.23. The molecule has 0 spiro atoms. The minimum absolute atomic E-state index is 0.555. The zero-order chi connectivity index (χ0) is 23.2. The molecule has 1 aromatic heterocycles. The molecule has 0 unspecified atom stereocenters. The first-order chi connectivity index (χ1) is 15.6. The monoisotopic (exact) mass is 441 g/mol. The zero-order valence-electron chi connectivity index (χ0n) is 19.3. The first kappa shape index (κ1) is 25.2. The highest BCUT2D eigenvalue weighted by Gasteiger charge is 2.26. The lowest BCUT2D eigenvalue weighted by Crippen LogP contribution is -2.22. The maximum absolute atomic E-state index is 5.63. The van der Waals surface area contributed by atoms with Crippen LogP contribution in [0.3, 0.4) is 0 Å². The SMILES string of the molecule is C=NC1=C(/C(Cc2cnc(NC)nc2)=N\CCOCCNC)CCN1C(=C)/C=C\NNC. The quantitative estimate of drug-likeness (QED) is 0.139. The number of hydrogen-bond donors (Lipinski definition) is 4. The maximum Gasteiger partial charge on any atom is 0.222 e. The van der Waals surface area contributed by atoms with Crippen molar-refractivity contribution >= 4 is 18.4 Å². The minimum Gasteiger partial charge on any atom is -0.378 e. The van der Waals surface area contributed by atoms with Gasteiger partial charge in [-0.2, -0.15) is 0 Å². The van der Waals surface area contributed by atoms with Gasteiger partial charge in [-0.15, -0.1) is 0 Å². The standard InChI is InChI=1S/C22H35N9O/c1-17(6-8-30-26-5)31-11-7-19(21(31)24-3)20(27-10-13-32-12-9-23-2)14-18-15-28-22(25-4)29-16-18/h6,8,15-16,23,26,30H,1,3,7,9-14H2,2,4-5H3,(H,25,28,29)/b8-6-,27-20-. The van der Waals surface area contributed by atoms with Crippen LogP contribution in [0, 0.1) is 0 Å². The van der Waals surface area contributed by atoms with Crippen LogP contribution in [0.5, 0.6) is 0 Å². The van der Waals surface area contributed by atoms with Gasteiger partial charge in [-0.1, -0.05) is 6.58 Å². The van der Waals surface area contributed by atoms with Crippen molar-refractivity contribution in [3.63, 3.8) is 0 Å². The van der Waals surface area contributed by atoms with E-state index in [-0.39, 0.29) is 0 Å². The molecule has 0 aliphatic carbocycles. The van der Waals surface area contributed by atoms with Crippen LogP contribution in [0.15, 0.2) is 58.3 Å². The summed E-state index contributed by atoms with van der Waals surface area (Å²) in [5.74, 6) is 1.37. The van der Waals surface area contributed by atoms with Gasteiger partial charge in [0.05, 0.1) is 19.8 Å². The molecule has 1 aliphatic rings. The fourth-order valence-electron chi connectivity index (χ4n) is 3.20. The van der Waals surface area contributed by atoms with Crippen molar-refractivity contribution in [2.24, 2.45) is 9.98 Å². The first-order valence-corrected chi connectivity index (χ1v) is 10.6. The second kappa shape index (κ2) is 14.1. The molecule has 0 saturated carbocycles. The lowest BCUT2D eigenvalue weighted by molar-refractivity contribution is 0.145. The summed E-state index contributed by atoms with van der Waals surface area (Å²) >= 11 is 0. The summed E-state index contributed by atoms with van der Waals surface area (Å²) in [6, 6.07) is 0. The van der Waals surface area contributed by atoms with Crippen LogP contribution in [0.4, 0.5) is 5.95 Å². The van der Waals surface area contributed by atoms with Crippen molar-refractivity contribution in [3.8, 4) is 0 Å². The number of likely N-dealkylation sites (N-methyl/N-ethyl adjacent to an activating group) is 1. The smallest absolute Gasteiger partial charge is 0.222 e. The molecule has 0 saturated heterocycles. The van der Waals surface area contributed by atoms with E-state index in [1.54, 1.807) is 20.3 Å². The van der Waals surface area contributed by atoms with E-state index in [0.29, 0.717) is 32.1 Å². The summed E-state index contributed by atoms with van der Waals surface area (Å²) in [4.78, 5) is 19.9. The second-order valence-corrected chi connectivity index (χ2v) is 6.97. The summed E-state index contributed by atoms with van der Waals surface area (Å²) in [5.41, 5.74) is 9.57. The topological polar surface area (TPSA) is 111 Å². The van der Waals surface area contributed by atoms with E-state index in [9.17, 15) is 0 Å². The predicted octanol–water partition coefficient (Wildman–Crippen LogP) is 1.11. The Morgan fingerprint density at radius 3 is 2.69 bits per heavy atom. The molecule has 10 heteroatoms. The summed E-state index contributed by atoms with van der Waals surface area (Å²) in [5, 5.41) is 6.00. The molecular weight excluding hydrogens is 406 g/mol. The molecule has 32 heavy (non-hydrogen) atoms. The molecule has 10 nitrogen and oxygen atoms in total. The zero-order valence-corrected chi connectivity index (χ0v) is 19.3. The number of ether oxygens (including phenoxy) is 1. The number of allylic oxidation sites excluding steroid dienone is 1. The minimum atomic E-state index is 0.555. The van der Waals surface area contributed by atoms with Crippen LogP contribution >= 0.6 is 0 Å². The predicted molar refractivity (Wildman–Crippen MR) is 131 cm³/mol. The summed E-state index contributed by atoms with van der Waals surface area (Å²) < 4.78 is 5.63. The van der Waals surface area contributed by atoms with Crippen LogP contribution in [0.25, 0.3) is 0 Å². The van der Waals surface area contributed by atoms with Crippen molar-refractivity contribution < 1.29 is 4.74 Å². The van der Waals surface area contributed by atoms with Gasteiger partial charge < -0.3 is 25.7 Å². The normalized spacial score (nSPS) is 14.3. The van der Waals surface area contributed by atoms with Crippen molar-refractivity contribution in [1.82, 2.24) is 31.0 Å². The molecular formula is C22H35N9O. The molecule has 0 aromatic carbocycles. The number of nitrogens with zero attached hydrogens (tertiary/aromatic N) is 5. The third kappa shape index (κ3) is 7.56. The Kier molecular flexibility index (Phi) is 11.1. The van der Waals surface area contributed by atoms with E-state index in [0.717, 1.165) is 47.9 Å². The average molecular weight is 442 g/mol. The van der Waals surface area contributed by atoms with Crippen molar-refractivity contribution in [2.75, 3.05) is 59.3 Å². The van der Waals surface area contributed by atoms with Crippen molar-refractivity contribution in [2.45, 2.75) is 12.8 Å². The number of nitrogens with one attached hydrogen (secondary N) is 4. The molecule has 1 aliphatic heterocycles. The Morgan fingerprint density at radius 1 is 1.25 bits per heavy atom. The highest BCUT2D eigenvalue weighted by atomic mass is 16.5. The number of rotatable bonds is 15. The Labute approximate surface area is 190 Å². The molecule has 0 bridgehead atoms. The molecule has 2 heterocycles. The van der Waals surface area contributed by atoms with Gasteiger partial charge >= 0.3 is 0 Å². The summed E-state index contributed by atoms with van der Waals surface area (Å²) in [6.07, 6.45) is 8.72. The van der Waals surface area contributed by atoms with Crippen LogP contribution < -0.4 is 21.5 Å². The summed E-state index contributed by atoms with van der Waals surface area (Å²) in [7, 11) is 5.50. The van der Waals surface area contributed by atoms with E-state index in [1.165, 1.54) is 0 Å². The number of aliphatic imine (C=N–C) groups is 2. The fourth-order valence-corrected chi connectivity index (χ4v) is 3.20. The van der Waals surface area contributed by atoms with Gasteiger partial charge in [0.2, 0.25) is 5.95 Å². The fraction of sp³-hybridized carbons (Fsp3) is 0.455. The van der Waals surface area contributed by atoms with E-state index < -0.39 is 0 Å². The lowest BCUT2D eigenvalue weighted by Gasteiger charge is -2.20. The third-order valence-electron chi connectivity index (χ3n) is 4.79. The average Bonchev–Trinajstić information content (AvgIpc) is 3.25. The van der Waals surface area contributed by atoms with Crippen LogP contribution in [-0.4, -0.2) is 81.3 Å². The lowest BCUT2D eigenvalue weighted by atomic mass is 10.0. The molecule has 0 amide bonds.